The SMILES string of the molecule is CC=C(C)C(=O)OC.N. The van der Waals surface area contributed by atoms with Gasteiger partial charge in [0.25, 0.3) is 0 Å². The maximum absolute atomic E-state index is 10.5. The zero-order valence-electron chi connectivity index (χ0n) is 6.10. The number of carbonyl (C=O) groups is 1. The maximum atomic E-state index is 10.5. The molecule has 3 N–H and O–H groups in total. The van der Waals surface area contributed by atoms with E-state index in [2.05, 4.69) is 4.74 Å². The van der Waals surface area contributed by atoms with E-state index in [4.69, 9.17) is 0 Å². The van der Waals surface area contributed by atoms with Crippen molar-refractivity contribution in [3.05, 3.63) is 11.6 Å². The fourth-order valence-electron chi connectivity index (χ4n) is 0.279. The molecule has 0 aromatic carbocycles. The van der Waals surface area contributed by atoms with Crippen molar-refractivity contribution >= 4 is 5.97 Å². The number of hydrogen-bond donors (Lipinski definition) is 1. The number of hydrogen-bond acceptors (Lipinski definition) is 3. The first-order chi connectivity index (χ1) is 3.72. The molecule has 3 heteroatoms. The summed E-state index contributed by atoms with van der Waals surface area (Å²) in [5.41, 5.74) is 0.646. The Morgan fingerprint density at radius 3 is 2.11 bits per heavy atom. The molecular weight excluding hydrogens is 118 g/mol. The van der Waals surface area contributed by atoms with Crippen LogP contribution in [0.25, 0.3) is 0 Å². The molecule has 0 aliphatic rings. The Hall–Kier alpha value is -0.830. The molecule has 0 aliphatic carbocycles. The van der Waals surface area contributed by atoms with Crippen molar-refractivity contribution < 1.29 is 9.53 Å². The van der Waals surface area contributed by atoms with Gasteiger partial charge in [-0.25, -0.2) is 4.79 Å². The largest absolute Gasteiger partial charge is 0.466 e. The molecule has 54 valence electrons. The molecule has 0 heterocycles. The molecule has 0 atom stereocenters. The second-order valence-corrected chi connectivity index (χ2v) is 1.46. The smallest absolute Gasteiger partial charge is 0.333 e. The number of rotatable bonds is 1. The molecule has 0 unspecified atom stereocenters. The zero-order chi connectivity index (χ0) is 6.57. The minimum Gasteiger partial charge on any atom is -0.466 e. The van der Waals surface area contributed by atoms with Gasteiger partial charge in [-0.15, -0.1) is 0 Å². The molecule has 0 rings (SSSR count). The summed E-state index contributed by atoms with van der Waals surface area (Å²) in [6.45, 7) is 3.51. The Morgan fingerprint density at radius 1 is 1.56 bits per heavy atom. The highest BCUT2D eigenvalue weighted by atomic mass is 16.5. The molecule has 0 saturated carbocycles. The van der Waals surface area contributed by atoms with E-state index in [1.54, 1.807) is 19.9 Å². The fourth-order valence-corrected chi connectivity index (χ4v) is 0.279. The van der Waals surface area contributed by atoms with Gasteiger partial charge >= 0.3 is 5.97 Å². The summed E-state index contributed by atoms with van der Waals surface area (Å²) >= 11 is 0. The van der Waals surface area contributed by atoms with Crippen LogP contribution in [0.1, 0.15) is 13.8 Å². The highest BCUT2D eigenvalue weighted by molar-refractivity contribution is 5.87. The average Bonchev–Trinajstić information content (AvgIpc) is 1.84. The molecule has 0 aliphatic heterocycles. The van der Waals surface area contributed by atoms with Crippen molar-refractivity contribution in [2.45, 2.75) is 13.8 Å². The van der Waals surface area contributed by atoms with Crippen molar-refractivity contribution in [2.24, 2.45) is 0 Å². The molecule has 0 aromatic heterocycles. The van der Waals surface area contributed by atoms with E-state index >= 15 is 0 Å². The molecule has 0 amide bonds. The highest BCUT2D eigenvalue weighted by Gasteiger charge is 1.98. The van der Waals surface area contributed by atoms with Crippen molar-refractivity contribution in [3.63, 3.8) is 0 Å². The second kappa shape index (κ2) is 5.31. The maximum Gasteiger partial charge on any atom is 0.333 e. The number of allylic oxidation sites excluding steroid dienone is 1. The summed E-state index contributed by atoms with van der Waals surface area (Å²) in [7, 11) is 1.37. The van der Waals surface area contributed by atoms with Gasteiger partial charge in [0.05, 0.1) is 7.11 Å². The summed E-state index contributed by atoms with van der Waals surface area (Å²) in [4.78, 5) is 10.5. The van der Waals surface area contributed by atoms with Gasteiger partial charge in [0, 0.05) is 5.57 Å². The fraction of sp³-hybridized carbons (Fsp3) is 0.500. The Labute approximate surface area is 55.3 Å². The number of esters is 1. The van der Waals surface area contributed by atoms with Crippen molar-refractivity contribution in [1.82, 2.24) is 6.15 Å². The quantitative estimate of drug-likeness (QED) is 0.431. The van der Waals surface area contributed by atoms with Crippen LogP contribution in [0.2, 0.25) is 0 Å². The van der Waals surface area contributed by atoms with Crippen LogP contribution in [0, 0.1) is 0 Å². The molecule has 0 bridgehead atoms. The van der Waals surface area contributed by atoms with E-state index < -0.39 is 0 Å². The van der Waals surface area contributed by atoms with E-state index in [0.29, 0.717) is 5.57 Å². The molecule has 0 spiro atoms. The highest BCUT2D eigenvalue weighted by Crippen LogP contribution is 1.92. The van der Waals surface area contributed by atoms with Crippen LogP contribution in [0.3, 0.4) is 0 Å². The molecule has 9 heavy (non-hydrogen) atoms. The standard InChI is InChI=1S/C6H10O2.H3N/c1-4-5(2)6(7)8-3;/h4H,1-3H3;1H3. The lowest BCUT2D eigenvalue weighted by atomic mass is 10.3. The van der Waals surface area contributed by atoms with Gasteiger partial charge in [-0.3, -0.25) is 0 Å². The summed E-state index contributed by atoms with van der Waals surface area (Å²) in [5.74, 6) is -0.257. The normalized spacial score (nSPS) is 9.89. The first-order valence-electron chi connectivity index (χ1n) is 2.43. The summed E-state index contributed by atoms with van der Waals surface area (Å²) in [6, 6.07) is 0. The zero-order valence-corrected chi connectivity index (χ0v) is 6.10. The summed E-state index contributed by atoms with van der Waals surface area (Å²) in [5, 5.41) is 0. The third-order valence-electron chi connectivity index (χ3n) is 0.940. The predicted molar refractivity (Wildman–Crippen MR) is 36.5 cm³/mol. The van der Waals surface area contributed by atoms with E-state index in [-0.39, 0.29) is 12.1 Å². The molecule has 3 nitrogen and oxygen atoms in total. The van der Waals surface area contributed by atoms with Crippen LogP contribution in [0.15, 0.2) is 11.6 Å². The molecule has 0 radical (unpaired) electrons. The van der Waals surface area contributed by atoms with Gasteiger partial charge in [-0.05, 0) is 13.8 Å². The molecule has 0 fully saturated rings. The predicted octanol–water partition coefficient (Wildman–Crippen LogP) is 1.29. The second-order valence-electron chi connectivity index (χ2n) is 1.46. The van der Waals surface area contributed by atoms with Gasteiger partial charge in [0.2, 0.25) is 0 Å². The Balaban J connectivity index is 0. The van der Waals surface area contributed by atoms with E-state index in [1.165, 1.54) is 7.11 Å². The lowest BCUT2D eigenvalue weighted by Crippen LogP contribution is -2.00. The van der Waals surface area contributed by atoms with Gasteiger partial charge < -0.3 is 10.9 Å². The number of methoxy groups -OCH3 is 1. The summed E-state index contributed by atoms with van der Waals surface area (Å²) < 4.78 is 4.40. The van der Waals surface area contributed by atoms with Gasteiger partial charge in [0.1, 0.15) is 0 Å². The van der Waals surface area contributed by atoms with Crippen molar-refractivity contribution in [2.75, 3.05) is 7.11 Å². The Morgan fingerprint density at radius 2 is 2.00 bits per heavy atom. The average molecular weight is 131 g/mol. The van der Waals surface area contributed by atoms with Gasteiger partial charge in [0.15, 0.2) is 0 Å². The van der Waals surface area contributed by atoms with Crippen LogP contribution in [0.4, 0.5) is 0 Å². The molecule has 0 saturated heterocycles. The van der Waals surface area contributed by atoms with Gasteiger partial charge in [-0.1, -0.05) is 6.08 Å². The molecular formula is C6H13NO2. The first-order valence-corrected chi connectivity index (χ1v) is 2.43. The van der Waals surface area contributed by atoms with Crippen molar-refractivity contribution in [3.8, 4) is 0 Å². The van der Waals surface area contributed by atoms with E-state index in [0.717, 1.165) is 0 Å². The van der Waals surface area contributed by atoms with Crippen molar-refractivity contribution in [1.29, 1.82) is 0 Å². The minimum atomic E-state index is -0.257. The number of ether oxygens (including phenoxy) is 1. The lowest BCUT2D eigenvalue weighted by molar-refractivity contribution is -0.136. The van der Waals surface area contributed by atoms with Gasteiger partial charge in [-0.2, -0.15) is 0 Å². The monoisotopic (exact) mass is 131 g/mol. The topological polar surface area (TPSA) is 61.3 Å². The van der Waals surface area contributed by atoms with Crippen LogP contribution >= 0.6 is 0 Å². The Kier molecular flexibility index (Phi) is 6.51. The molecule has 0 aromatic rings. The lowest BCUT2D eigenvalue weighted by Gasteiger charge is -1.93. The summed E-state index contributed by atoms with van der Waals surface area (Å²) in [6.07, 6.45) is 1.71. The Bertz CT molecular complexity index is 118. The minimum absolute atomic E-state index is 0. The van der Waals surface area contributed by atoms with Crippen LogP contribution in [0.5, 0.6) is 0 Å². The third-order valence-corrected chi connectivity index (χ3v) is 0.940. The van der Waals surface area contributed by atoms with E-state index in [9.17, 15) is 4.79 Å². The van der Waals surface area contributed by atoms with Crippen LogP contribution in [-0.2, 0) is 9.53 Å². The van der Waals surface area contributed by atoms with Crippen LogP contribution < -0.4 is 6.15 Å². The third kappa shape index (κ3) is 3.73. The number of carbonyl (C=O) groups excluding carboxylic acids is 1. The first kappa shape index (κ1) is 11.0. The van der Waals surface area contributed by atoms with Crippen LogP contribution in [-0.4, -0.2) is 13.1 Å². The van der Waals surface area contributed by atoms with E-state index in [1.807, 2.05) is 0 Å².